The van der Waals surface area contributed by atoms with E-state index in [2.05, 4.69) is 10.2 Å². The third-order valence-electron chi connectivity index (χ3n) is 3.39. The molecule has 0 unspecified atom stereocenters. The third-order valence-corrected chi connectivity index (χ3v) is 3.39. The van der Waals surface area contributed by atoms with Crippen LogP contribution in [0, 0.1) is 10.1 Å². The molecule has 6 heteroatoms. The minimum atomic E-state index is -0.401. The van der Waals surface area contributed by atoms with Crippen LogP contribution >= 0.6 is 0 Å². The molecule has 0 saturated carbocycles. The fourth-order valence-electron chi connectivity index (χ4n) is 2.21. The number of pyridine rings is 1. The average Bonchev–Trinajstić information content (AvgIpc) is 2.62. The number of nitrogens with zero attached hydrogens (tertiary/aromatic N) is 4. The van der Waals surface area contributed by atoms with E-state index >= 15 is 0 Å². The Morgan fingerprint density at radius 2 is 1.54 bits per heavy atom. The van der Waals surface area contributed by atoms with Crippen molar-refractivity contribution in [1.29, 1.82) is 0 Å². The maximum atomic E-state index is 10.7. The van der Waals surface area contributed by atoms with Crippen LogP contribution < -0.4 is 4.57 Å². The van der Waals surface area contributed by atoms with Crippen LogP contribution in [0.25, 0.3) is 0 Å². The molecule has 6 nitrogen and oxygen atoms in total. The van der Waals surface area contributed by atoms with Gasteiger partial charge in [-0.2, -0.15) is 9.68 Å². The summed E-state index contributed by atoms with van der Waals surface area (Å²) in [5.41, 5.74) is 2.60. The second-order valence-electron chi connectivity index (χ2n) is 5.19. The lowest BCUT2D eigenvalue weighted by Gasteiger charge is -1.99. The molecule has 0 fully saturated rings. The zero-order valence-corrected chi connectivity index (χ0v) is 12.8. The first-order valence-electron chi connectivity index (χ1n) is 7.40. The van der Waals surface area contributed by atoms with Crippen LogP contribution in [0.5, 0.6) is 0 Å². The first-order valence-corrected chi connectivity index (χ1v) is 7.40. The topological polar surface area (TPSA) is 71.7 Å². The van der Waals surface area contributed by atoms with Crippen molar-refractivity contribution < 1.29 is 9.49 Å². The van der Waals surface area contributed by atoms with Crippen LogP contribution in [0.4, 0.5) is 17.1 Å². The van der Waals surface area contributed by atoms with Gasteiger partial charge in [-0.1, -0.05) is 18.2 Å². The van der Waals surface area contributed by atoms with Crippen molar-refractivity contribution in [2.24, 2.45) is 10.2 Å². The predicted octanol–water partition coefficient (Wildman–Crippen LogP) is 4.35. The van der Waals surface area contributed by atoms with Gasteiger partial charge in [-0.15, -0.1) is 5.11 Å². The number of non-ortho nitro benzene ring substituents is 1. The van der Waals surface area contributed by atoms with Gasteiger partial charge in [0, 0.05) is 23.8 Å². The summed E-state index contributed by atoms with van der Waals surface area (Å²) in [6, 6.07) is 19.8. The summed E-state index contributed by atoms with van der Waals surface area (Å²) in [5, 5.41) is 19.1. The lowest BCUT2D eigenvalue weighted by atomic mass is 10.2. The molecule has 0 saturated heterocycles. The quantitative estimate of drug-likeness (QED) is 0.303. The third kappa shape index (κ3) is 4.07. The highest BCUT2D eigenvalue weighted by molar-refractivity contribution is 5.37. The van der Waals surface area contributed by atoms with Crippen molar-refractivity contribution in [1.82, 2.24) is 0 Å². The highest BCUT2D eigenvalue weighted by Crippen LogP contribution is 2.16. The molecule has 3 aromatic rings. The number of nitro benzene ring substituents is 1. The van der Waals surface area contributed by atoms with Gasteiger partial charge in [0.1, 0.15) is 5.69 Å². The lowest BCUT2D eigenvalue weighted by Crippen LogP contribution is -2.32. The molecule has 0 atom stereocenters. The van der Waals surface area contributed by atoms with Gasteiger partial charge in [-0.05, 0) is 30.3 Å². The molecule has 2 aromatic carbocycles. The molecule has 0 aliphatic heterocycles. The Morgan fingerprint density at radius 3 is 2.25 bits per heavy atom. The minimum absolute atomic E-state index is 0.0918. The number of aromatic nitrogens is 1. The minimum Gasteiger partial charge on any atom is -0.258 e. The lowest BCUT2D eigenvalue weighted by molar-refractivity contribution is -0.687. The fraction of sp³-hybridized carbons (Fsp3) is 0.0556. The van der Waals surface area contributed by atoms with Crippen molar-refractivity contribution in [2.45, 2.75) is 6.54 Å². The molecule has 1 aromatic heterocycles. The van der Waals surface area contributed by atoms with E-state index in [4.69, 9.17) is 0 Å². The maximum Gasteiger partial charge on any atom is 0.269 e. The second-order valence-corrected chi connectivity index (χ2v) is 5.19. The van der Waals surface area contributed by atoms with Gasteiger partial charge in [0.15, 0.2) is 18.9 Å². The molecule has 1 heterocycles. The Kier molecular flexibility index (Phi) is 4.67. The highest BCUT2D eigenvalue weighted by atomic mass is 16.6. The zero-order valence-electron chi connectivity index (χ0n) is 12.8. The van der Waals surface area contributed by atoms with Crippen LogP contribution in [0.2, 0.25) is 0 Å². The molecule has 0 aliphatic rings. The zero-order chi connectivity index (χ0) is 16.8. The highest BCUT2D eigenvalue weighted by Gasteiger charge is 2.08. The molecule has 0 N–H and O–H groups in total. The summed E-state index contributed by atoms with van der Waals surface area (Å²) in [4.78, 5) is 10.3. The monoisotopic (exact) mass is 319 g/mol. The van der Waals surface area contributed by atoms with Gasteiger partial charge < -0.3 is 0 Å². The first kappa shape index (κ1) is 15.5. The Labute approximate surface area is 138 Å². The van der Waals surface area contributed by atoms with Gasteiger partial charge >= 0.3 is 0 Å². The van der Waals surface area contributed by atoms with Crippen molar-refractivity contribution in [3.05, 3.63) is 94.8 Å². The molecule has 3 rings (SSSR count). The number of azo groups is 1. The first-order chi connectivity index (χ1) is 11.7. The van der Waals surface area contributed by atoms with Crippen LogP contribution in [-0.4, -0.2) is 4.92 Å². The second kappa shape index (κ2) is 7.23. The summed E-state index contributed by atoms with van der Waals surface area (Å²) in [6.07, 6.45) is 3.80. The molecule has 118 valence electrons. The van der Waals surface area contributed by atoms with Crippen LogP contribution in [0.1, 0.15) is 5.56 Å². The standard InChI is InChI=1S/C18H15N4O2/c23-22(24)18-10-8-15(9-11-18)13-21-12-4-7-17(14-21)20-19-16-5-2-1-3-6-16/h1-12,14H,13H2/q+1. The van der Waals surface area contributed by atoms with Crippen LogP contribution in [0.3, 0.4) is 0 Å². The summed E-state index contributed by atoms with van der Waals surface area (Å²) < 4.78 is 1.96. The SMILES string of the molecule is O=[N+]([O-])c1ccc(C[n+]2cccc(N=Nc3ccccc3)c2)cc1. The summed E-state index contributed by atoms with van der Waals surface area (Å²) >= 11 is 0. The van der Waals surface area contributed by atoms with Gasteiger partial charge in [0.2, 0.25) is 0 Å². The van der Waals surface area contributed by atoms with E-state index in [9.17, 15) is 10.1 Å². The molecule has 0 aliphatic carbocycles. The molecular weight excluding hydrogens is 304 g/mol. The average molecular weight is 319 g/mol. The van der Waals surface area contributed by atoms with E-state index in [1.807, 2.05) is 59.4 Å². The molecular formula is C18H15N4O2+. The van der Waals surface area contributed by atoms with Crippen molar-refractivity contribution >= 4 is 17.1 Å². The number of hydrogen-bond donors (Lipinski definition) is 0. The molecule has 0 spiro atoms. The molecule has 0 amide bonds. The van der Waals surface area contributed by atoms with Gasteiger partial charge in [0.05, 0.1) is 10.6 Å². The predicted molar refractivity (Wildman–Crippen MR) is 89.5 cm³/mol. The van der Waals surface area contributed by atoms with E-state index < -0.39 is 4.92 Å². The Bertz CT molecular complexity index is 862. The van der Waals surface area contributed by atoms with Crippen molar-refractivity contribution in [3.8, 4) is 0 Å². The van der Waals surface area contributed by atoms with Crippen molar-refractivity contribution in [3.63, 3.8) is 0 Å². The summed E-state index contributed by atoms with van der Waals surface area (Å²) in [6.45, 7) is 0.604. The fourth-order valence-corrected chi connectivity index (χ4v) is 2.21. The van der Waals surface area contributed by atoms with E-state index in [-0.39, 0.29) is 5.69 Å². The van der Waals surface area contributed by atoms with Crippen molar-refractivity contribution in [2.75, 3.05) is 0 Å². The van der Waals surface area contributed by atoms with Crippen LogP contribution in [-0.2, 0) is 6.54 Å². The Hall–Kier alpha value is -3.41. The van der Waals surface area contributed by atoms with Crippen LogP contribution in [0.15, 0.2) is 89.4 Å². The van der Waals surface area contributed by atoms with E-state index in [1.54, 1.807) is 12.1 Å². The molecule has 0 bridgehead atoms. The molecule has 24 heavy (non-hydrogen) atoms. The number of benzene rings is 2. The molecule has 0 radical (unpaired) electrons. The maximum absolute atomic E-state index is 10.7. The Balaban J connectivity index is 1.73. The smallest absolute Gasteiger partial charge is 0.258 e. The Morgan fingerprint density at radius 1 is 0.875 bits per heavy atom. The van der Waals surface area contributed by atoms with E-state index in [0.717, 1.165) is 16.9 Å². The van der Waals surface area contributed by atoms with Gasteiger partial charge in [-0.3, -0.25) is 10.1 Å². The van der Waals surface area contributed by atoms with Gasteiger partial charge in [0.25, 0.3) is 5.69 Å². The summed E-state index contributed by atoms with van der Waals surface area (Å²) in [7, 11) is 0. The largest absolute Gasteiger partial charge is 0.269 e. The van der Waals surface area contributed by atoms with E-state index in [0.29, 0.717) is 6.54 Å². The number of rotatable bonds is 5. The number of hydrogen-bond acceptors (Lipinski definition) is 4. The van der Waals surface area contributed by atoms with Gasteiger partial charge in [-0.25, -0.2) is 0 Å². The normalized spacial score (nSPS) is 10.8. The number of nitro groups is 1. The summed E-state index contributed by atoms with van der Waals surface area (Å²) in [5.74, 6) is 0. The van der Waals surface area contributed by atoms with E-state index in [1.165, 1.54) is 12.1 Å².